The molecule has 1 amide bonds. The molecule has 0 saturated carbocycles. The molecule has 0 bridgehead atoms. The summed E-state index contributed by atoms with van der Waals surface area (Å²) >= 11 is 5.96. The van der Waals surface area contributed by atoms with Crippen molar-refractivity contribution in [3.05, 3.63) is 41.0 Å². The number of hydrogen-bond acceptors (Lipinski definition) is 4. The average Bonchev–Trinajstić information content (AvgIpc) is 3.04. The number of carbonyl (C=O) groups excluding carboxylic acids is 1. The van der Waals surface area contributed by atoms with Crippen molar-refractivity contribution in [2.45, 2.75) is 12.8 Å². The van der Waals surface area contributed by atoms with Gasteiger partial charge in [0.15, 0.2) is 11.5 Å². The number of rotatable bonds is 3. The van der Waals surface area contributed by atoms with Crippen molar-refractivity contribution >= 4 is 17.5 Å². The highest BCUT2D eigenvalue weighted by Gasteiger charge is 2.25. The van der Waals surface area contributed by atoms with Gasteiger partial charge in [-0.15, -0.1) is 0 Å². The topological polar surface area (TPSA) is 66.6 Å². The van der Waals surface area contributed by atoms with E-state index in [4.69, 9.17) is 21.2 Å². The molecule has 1 fully saturated rings. The Balaban J connectivity index is 1.72. The summed E-state index contributed by atoms with van der Waals surface area (Å²) in [5, 5.41) is 13.6. The van der Waals surface area contributed by atoms with Crippen LogP contribution in [-0.2, 0) is 0 Å². The zero-order valence-electron chi connectivity index (χ0n) is 12.0. The number of amides is 1. The minimum Gasteiger partial charge on any atom is -0.396 e. The Hall–Kier alpha value is -1.85. The number of hydrogen-bond donors (Lipinski definition) is 1. The van der Waals surface area contributed by atoms with Gasteiger partial charge in [0.2, 0.25) is 0 Å². The summed E-state index contributed by atoms with van der Waals surface area (Å²) in [6, 6.07) is 8.86. The normalized spacial score (nSPS) is 16.0. The number of aliphatic hydroxyl groups is 1. The Kier molecular flexibility index (Phi) is 4.45. The van der Waals surface area contributed by atoms with Crippen LogP contribution in [0, 0.1) is 5.92 Å². The van der Waals surface area contributed by atoms with Crippen molar-refractivity contribution in [3.63, 3.8) is 0 Å². The van der Waals surface area contributed by atoms with Gasteiger partial charge in [-0.2, -0.15) is 0 Å². The lowest BCUT2D eigenvalue weighted by molar-refractivity contribution is 0.0641. The van der Waals surface area contributed by atoms with Crippen LogP contribution in [0.2, 0.25) is 5.02 Å². The fraction of sp³-hybridized carbons (Fsp3) is 0.375. The van der Waals surface area contributed by atoms with E-state index >= 15 is 0 Å². The van der Waals surface area contributed by atoms with Gasteiger partial charge in [-0.05, 0) is 30.9 Å². The smallest absolute Gasteiger partial charge is 0.276 e. The molecule has 2 heterocycles. The average molecular weight is 321 g/mol. The van der Waals surface area contributed by atoms with Crippen molar-refractivity contribution in [1.82, 2.24) is 10.1 Å². The molecule has 1 aromatic carbocycles. The standard InChI is InChI=1S/C16H17ClN2O3/c17-13-3-1-2-12(8-13)15-9-14(18-22-15)16(21)19-6-4-11(10-20)5-7-19/h1-3,8-9,11,20H,4-7,10H2. The van der Waals surface area contributed by atoms with Crippen LogP contribution in [0.15, 0.2) is 34.9 Å². The van der Waals surface area contributed by atoms with Gasteiger partial charge in [-0.1, -0.05) is 28.9 Å². The summed E-state index contributed by atoms with van der Waals surface area (Å²) < 4.78 is 5.26. The van der Waals surface area contributed by atoms with Gasteiger partial charge in [0, 0.05) is 36.3 Å². The van der Waals surface area contributed by atoms with Crippen LogP contribution >= 0.6 is 11.6 Å². The monoisotopic (exact) mass is 320 g/mol. The van der Waals surface area contributed by atoms with E-state index in [9.17, 15) is 4.79 Å². The van der Waals surface area contributed by atoms with Crippen LogP contribution in [-0.4, -0.2) is 40.8 Å². The Morgan fingerprint density at radius 3 is 2.82 bits per heavy atom. The fourth-order valence-electron chi connectivity index (χ4n) is 2.63. The quantitative estimate of drug-likeness (QED) is 0.944. The minimum absolute atomic E-state index is 0.131. The van der Waals surface area contributed by atoms with E-state index in [0.717, 1.165) is 18.4 Å². The SMILES string of the molecule is O=C(c1cc(-c2cccc(Cl)c2)on1)N1CCC(CO)CC1. The largest absolute Gasteiger partial charge is 0.396 e. The molecule has 1 N–H and O–H groups in total. The van der Waals surface area contributed by atoms with Crippen LogP contribution in [0.4, 0.5) is 0 Å². The summed E-state index contributed by atoms with van der Waals surface area (Å²) in [4.78, 5) is 14.2. The van der Waals surface area contributed by atoms with Crippen molar-refractivity contribution in [2.75, 3.05) is 19.7 Å². The molecular formula is C16H17ClN2O3. The predicted molar refractivity (Wildman–Crippen MR) is 82.7 cm³/mol. The first-order chi connectivity index (χ1) is 10.7. The number of nitrogens with zero attached hydrogens (tertiary/aromatic N) is 2. The molecule has 1 aliphatic rings. The molecule has 1 aromatic heterocycles. The van der Waals surface area contributed by atoms with E-state index in [-0.39, 0.29) is 12.5 Å². The molecule has 0 radical (unpaired) electrons. The fourth-order valence-corrected chi connectivity index (χ4v) is 2.82. The van der Waals surface area contributed by atoms with Gasteiger partial charge in [0.05, 0.1) is 0 Å². The summed E-state index contributed by atoms with van der Waals surface area (Å²) in [6.45, 7) is 1.47. The first-order valence-corrected chi connectivity index (χ1v) is 7.68. The van der Waals surface area contributed by atoms with E-state index in [1.165, 1.54) is 0 Å². The maximum absolute atomic E-state index is 12.4. The third kappa shape index (κ3) is 3.15. The summed E-state index contributed by atoms with van der Waals surface area (Å²) in [7, 11) is 0. The molecule has 116 valence electrons. The molecule has 0 unspecified atom stereocenters. The first-order valence-electron chi connectivity index (χ1n) is 7.30. The van der Waals surface area contributed by atoms with E-state index in [1.54, 1.807) is 23.1 Å². The molecule has 0 aliphatic carbocycles. The van der Waals surface area contributed by atoms with E-state index in [0.29, 0.717) is 35.5 Å². The van der Waals surface area contributed by atoms with Gasteiger partial charge in [-0.3, -0.25) is 4.79 Å². The molecule has 6 heteroatoms. The van der Waals surface area contributed by atoms with Gasteiger partial charge in [-0.25, -0.2) is 0 Å². The molecule has 0 spiro atoms. The Morgan fingerprint density at radius 1 is 1.36 bits per heavy atom. The summed E-state index contributed by atoms with van der Waals surface area (Å²) in [5.41, 5.74) is 1.09. The lowest BCUT2D eigenvalue weighted by Crippen LogP contribution is -2.39. The number of aliphatic hydroxyl groups excluding tert-OH is 1. The number of halogens is 1. The Bertz CT molecular complexity index is 663. The number of benzene rings is 1. The van der Waals surface area contributed by atoms with Gasteiger partial charge < -0.3 is 14.5 Å². The molecule has 1 aliphatic heterocycles. The van der Waals surface area contributed by atoms with Gasteiger partial charge in [0.25, 0.3) is 5.91 Å². The second-order valence-electron chi connectivity index (χ2n) is 5.50. The molecule has 5 nitrogen and oxygen atoms in total. The summed E-state index contributed by atoms with van der Waals surface area (Å²) in [6.07, 6.45) is 1.64. The van der Waals surface area contributed by atoms with Crippen molar-refractivity contribution in [1.29, 1.82) is 0 Å². The van der Waals surface area contributed by atoms with Crippen LogP contribution in [0.5, 0.6) is 0 Å². The zero-order valence-corrected chi connectivity index (χ0v) is 12.8. The zero-order chi connectivity index (χ0) is 15.5. The highest BCUT2D eigenvalue weighted by molar-refractivity contribution is 6.30. The first kappa shape index (κ1) is 15.1. The number of carbonyl (C=O) groups is 1. The van der Waals surface area contributed by atoms with Gasteiger partial charge >= 0.3 is 0 Å². The second-order valence-corrected chi connectivity index (χ2v) is 5.94. The van der Waals surface area contributed by atoms with Crippen LogP contribution in [0.25, 0.3) is 11.3 Å². The van der Waals surface area contributed by atoms with E-state index in [1.807, 2.05) is 12.1 Å². The number of piperidine rings is 1. The highest BCUT2D eigenvalue weighted by atomic mass is 35.5. The summed E-state index contributed by atoms with van der Waals surface area (Å²) in [5.74, 6) is 0.688. The van der Waals surface area contributed by atoms with Crippen molar-refractivity contribution in [3.8, 4) is 11.3 Å². The third-order valence-corrected chi connectivity index (χ3v) is 4.23. The molecule has 3 rings (SSSR count). The Labute approximate surface area is 133 Å². The Morgan fingerprint density at radius 2 is 2.14 bits per heavy atom. The van der Waals surface area contributed by atoms with Gasteiger partial charge in [0.1, 0.15) is 0 Å². The van der Waals surface area contributed by atoms with E-state index < -0.39 is 0 Å². The van der Waals surface area contributed by atoms with Crippen LogP contribution < -0.4 is 0 Å². The highest BCUT2D eigenvalue weighted by Crippen LogP contribution is 2.24. The lowest BCUT2D eigenvalue weighted by atomic mass is 9.98. The maximum Gasteiger partial charge on any atom is 0.276 e. The molecular weight excluding hydrogens is 304 g/mol. The third-order valence-electron chi connectivity index (χ3n) is 4.00. The van der Waals surface area contributed by atoms with Crippen LogP contribution in [0.3, 0.4) is 0 Å². The number of aromatic nitrogens is 1. The number of likely N-dealkylation sites (tertiary alicyclic amines) is 1. The minimum atomic E-state index is -0.131. The predicted octanol–water partition coefficient (Wildman–Crippen LogP) is 2.84. The second kappa shape index (κ2) is 6.50. The lowest BCUT2D eigenvalue weighted by Gasteiger charge is -2.30. The van der Waals surface area contributed by atoms with Crippen molar-refractivity contribution < 1.29 is 14.4 Å². The molecule has 0 atom stereocenters. The van der Waals surface area contributed by atoms with Crippen LogP contribution in [0.1, 0.15) is 23.3 Å². The van der Waals surface area contributed by atoms with Crippen molar-refractivity contribution in [2.24, 2.45) is 5.92 Å². The molecule has 22 heavy (non-hydrogen) atoms. The molecule has 2 aromatic rings. The molecule has 1 saturated heterocycles. The van der Waals surface area contributed by atoms with E-state index in [2.05, 4.69) is 5.16 Å². The maximum atomic E-state index is 12.4.